The van der Waals surface area contributed by atoms with E-state index in [-0.39, 0.29) is 6.10 Å². The Morgan fingerprint density at radius 2 is 2.15 bits per heavy atom. The van der Waals surface area contributed by atoms with Crippen LogP contribution in [0.2, 0.25) is 0 Å². The lowest BCUT2D eigenvalue weighted by molar-refractivity contribution is 0.0953. The number of thioether (sulfide) groups is 1. The van der Waals surface area contributed by atoms with E-state index in [1.807, 2.05) is 6.07 Å². The van der Waals surface area contributed by atoms with E-state index in [0.717, 1.165) is 58.1 Å². The second kappa shape index (κ2) is 7.71. The van der Waals surface area contributed by atoms with Gasteiger partial charge in [0, 0.05) is 6.61 Å². The van der Waals surface area contributed by atoms with Crippen molar-refractivity contribution in [3.63, 3.8) is 0 Å². The van der Waals surface area contributed by atoms with Gasteiger partial charge in [-0.2, -0.15) is 0 Å². The van der Waals surface area contributed by atoms with Crippen LogP contribution in [0.3, 0.4) is 0 Å². The summed E-state index contributed by atoms with van der Waals surface area (Å²) in [5.41, 5.74) is 1.07. The van der Waals surface area contributed by atoms with Crippen molar-refractivity contribution in [2.45, 2.75) is 36.4 Å². The lowest BCUT2D eigenvalue weighted by Crippen LogP contribution is -2.16. The number of para-hydroxylation sites is 1. The van der Waals surface area contributed by atoms with Crippen LogP contribution in [0.15, 0.2) is 46.9 Å². The predicted molar refractivity (Wildman–Crippen MR) is 111 cm³/mol. The summed E-state index contributed by atoms with van der Waals surface area (Å²) in [6.07, 6.45) is 2.49. The van der Waals surface area contributed by atoms with Gasteiger partial charge in [0.25, 0.3) is 0 Å². The number of ether oxygens (including phenoxy) is 1. The monoisotopic (exact) mass is 414 g/mol. The van der Waals surface area contributed by atoms with Crippen LogP contribution in [0.25, 0.3) is 20.9 Å². The van der Waals surface area contributed by atoms with Crippen LogP contribution in [0.5, 0.6) is 0 Å². The van der Waals surface area contributed by atoms with E-state index in [1.165, 1.54) is 4.70 Å². The third kappa shape index (κ3) is 3.67. The van der Waals surface area contributed by atoms with Crippen LogP contribution in [-0.4, -0.2) is 32.5 Å². The lowest BCUT2D eigenvalue weighted by atomic mass is 10.2. The van der Waals surface area contributed by atoms with Gasteiger partial charge in [0.2, 0.25) is 0 Å². The summed E-state index contributed by atoms with van der Waals surface area (Å²) in [4.78, 5) is 5.88. The van der Waals surface area contributed by atoms with Gasteiger partial charge in [-0.1, -0.05) is 30.0 Å². The molecule has 3 aromatic heterocycles. The molecule has 5 nitrogen and oxygen atoms in total. The molecule has 0 unspecified atom stereocenters. The molecule has 4 aromatic rings. The maximum atomic E-state index is 5.86. The highest BCUT2D eigenvalue weighted by molar-refractivity contribution is 7.98. The third-order valence-corrected chi connectivity index (χ3v) is 7.59. The Labute approximate surface area is 169 Å². The number of thiophene rings is 1. The Morgan fingerprint density at radius 1 is 1.19 bits per heavy atom. The van der Waals surface area contributed by atoms with Gasteiger partial charge in [0.15, 0.2) is 11.0 Å². The highest BCUT2D eigenvalue weighted by atomic mass is 32.2. The molecule has 0 spiro atoms. The highest BCUT2D eigenvalue weighted by Gasteiger charge is 2.22. The van der Waals surface area contributed by atoms with Gasteiger partial charge in [-0.25, -0.2) is 4.98 Å². The minimum atomic E-state index is 0.251. The molecule has 8 heteroatoms. The fraction of sp³-hybridized carbons (Fsp3) is 0.316. The standard InChI is InChI=1S/C19H18N4OS3/c1-2-7-15-14(6-1)20-17(27-15)12-26-19-22-21-18(16-8-4-10-25-16)23(19)11-13-5-3-9-24-13/h1-2,4,6-8,10,13H,3,5,9,11-12H2/t13-/m1/s1. The zero-order valence-electron chi connectivity index (χ0n) is 14.6. The third-order valence-electron chi connectivity index (χ3n) is 4.53. The molecule has 1 fully saturated rings. The Kier molecular flexibility index (Phi) is 4.96. The summed E-state index contributed by atoms with van der Waals surface area (Å²) in [6.45, 7) is 1.66. The summed E-state index contributed by atoms with van der Waals surface area (Å²) < 4.78 is 9.32. The summed E-state index contributed by atoms with van der Waals surface area (Å²) in [5.74, 6) is 1.74. The smallest absolute Gasteiger partial charge is 0.192 e. The van der Waals surface area contributed by atoms with Gasteiger partial charge in [-0.05, 0) is 36.4 Å². The molecule has 0 amide bonds. The number of rotatable bonds is 6. The molecule has 0 aliphatic carbocycles. The average Bonchev–Trinajstić information content (AvgIpc) is 3.47. The quantitative estimate of drug-likeness (QED) is 0.412. The number of thiazole rings is 1. The highest BCUT2D eigenvalue weighted by Crippen LogP contribution is 2.32. The molecular weight excluding hydrogens is 396 g/mol. The Hall–Kier alpha value is -1.74. The van der Waals surface area contributed by atoms with E-state index in [0.29, 0.717) is 0 Å². The first-order valence-electron chi connectivity index (χ1n) is 8.93. The fourth-order valence-electron chi connectivity index (χ4n) is 3.25. The van der Waals surface area contributed by atoms with Crippen LogP contribution < -0.4 is 0 Å². The molecule has 4 heterocycles. The van der Waals surface area contributed by atoms with E-state index in [9.17, 15) is 0 Å². The summed E-state index contributed by atoms with van der Waals surface area (Å²) in [6, 6.07) is 12.4. The van der Waals surface area contributed by atoms with Gasteiger partial charge in [-0.15, -0.1) is 32.9 Å². The van der Waals surface area contributed by atoms with Crippen LogP contribution >= 0.6 is 34.4 Å². The number of nitrogens with zero attached hydrogens (tertiary/aromatic N) is 4. The lowest BCUT2D eigenvalue weighted by Gasteiger charge is -2.14. The van der Waals surface area contributed by atoms with E-state index >= 15 is 0 Å². The Bertz CT molecular complexity index is 1000. The number of aromatic nitrogens is 4. The molecule has 0 bridgehead atoms. The number of hydrogen-bond donors (Lipinski definition) is 0. The van der Waals surface area contributed by atoms with Crippen molar-refractivity contribution < 1.29 is 4.74 Å². The molecule has 1 saturated heterocycles. The molecule has 0 N–H and O–H groups in total. The molecule has 1 aliphatic heterocycles. The van der Waals surface area contributed by atoms with E-state index in [1.54, 1.807) is 34.4 Å². The topological polar surface area (TPSA) is 52.8 Å². The average molecular weight is 415 g/mol. The van der Waals surface area contributed by atoms with Crippen molar-refractivity contribution in [3.05, 3.63) is 46.8 Å². The van der Waals surface area contributed by atoms with Gasteiger partial charge >= 0.3 is 0 Å². The first-order valence-corrected chi connectivity index (χ1v) is 11.6. The normalized spacial score (nSPS) is 17.1. The van der Waals surface area contributed by atoms with Gasteiger partial charge < -0.3 is 4.74 Å². The summed E-state index contributed by atoms with van der Waals surface area (Å²) >= 11 is 5.15. The van der Waals surface area contributed by atoms with Crippen LogP contribution in [-0.2, 0) is 17.0 Å². The van der Waals surface area contributed by atoms with Crippen molar-refractivity contribution >= 4 is 44.7 Å². The molecule has 5 rings (SSSR count). The van der Waals surface area contributed by atoms with E-state index in [2.05, 4.69) is 50.5 Å². The second-order valence-corrected chi connectivity index (χ2v) is 9.40. The van der Waals surface area contributed by atoms with Gasteiger partial charge in [0.1, 0.15) is 5.01 Å². The SMILES string of the molecule is c1csc(-c2nnc(SCc3nc4ccccc4s3)n2C[C@H]2CCCO2)c1. The number of fused-ring (bicyclic) bond motifs is 1. The fourth-order valence-corrected chi connectivity index (χ4v) is 5.87. The first kappa shape index (κ1) is 17.4. The number of benzene rings is 1. The minimum Gasteiger partial charge on any atom is -0.376 e. The summed E-state index contributed by atoms with van der Waals surface area (Å²) in [5, 5.41) is 13.1. The predicted octanol–water partition coefficient (Wildman–Crippen LogP) is 5.09. The molecule has 1 atom stereocenters. The van der Waals surface area contributed by atoms with E-state index in [4.69, 9.17) is 9.72 Å². The van der Waals surface area contributed by atoms with Crippen molar-refractivity contribution in [1.82, 2.24) is 19.7 Å². The Balaban J connectivity index is 1.40. The van der Waals surface area contributed by atoms with Crippen molar-refractivity contribution in [2.75, 3.05) is 6.61 Å². The zero-order valence-corrected chi connectivity index (χ0v) is 17.0. The van der Waals surface area contributed by atoms with Crippen LogP contribution in [0.4, 0.5) is 0 Å². The van der Waals surface area contributed by atoms with Crippen LogP contribution in [0, 0.1) is 0 Å². The number of hydrogen-bond acceptors (Lipinski definition) is 7. The second-order valence-electron chi connectivity index (χ2n) is 6.39. The molecule has 138 valence electrons. The summed E-state index contributed by atoms with van der Waals surface area (Å²) in [7, 11) is 0. The zero-order chi connectivity index (χ0) is 18.1. The van der Waals surface area contributed by atoms with Gasteiger partial charge in [-0.3, -0.25) is 4.57 Å². The van der Waals surface area contributed by atoms with E-state index < -0.39 is 0 Å². The van der Waals surface area contributed by atoms with Crippen molar-refractivity contribution in [1.29, 1.82) is 0 Å². The molecule has 0 radical (unpaired) electrons. The Morgan fingerprint density at radius 3 is 2.96 bits per heavy atom. The van der Waals surface area contributed by atoms with Crippen molar-refractivity contribution in [2.24, 2.45) is 0 Å². The first-order chi connectivity index (χ1) is 13.4. The minimum absolute atomic E-state index is 0.251. The largest absolute Gasteiger partial charge is 0.376 e. The van der Waals surface area contributed by atoms with Gasteiger partial charge in [0.05, 0.1) is 33.5 Å². The molecule has 1 aliphatic rings. The van der Waals surface area contributed by atoms with Crippen LogP contribution in [0.1, 0.15) is 17.8 Å². The molecule has 0 saturated carbocycles. The van der Waals surface area contributed by atoms with Crippen molar-refractivity contribution in [3.8, 4) is 10.7 Å². The molecule has 1 aromatic carbocycles. The molecule has 27 heavy (non-hydrogen) atoms. The maximum absolute atomic E-state index is 5.86. The maximum Gasteiger partial charge on any atom is 0.192 e. The molecular formula is C19H18N4OS3.